The number of benzene rings is 2. The van der Waals surface area contributed by atoms with Crippen molar-refractivity contribution in [2.75, 3.05) is 11.9 Å². The third-order valence-electron chi connectivity index (χ3n) is 3.09. The second kappa shape index (κ2) is 6.85. The predicted octanol–water partition coefficient (Wildman–Crippen LogP) is 4.10. The lowest BCUT2D eigenvalue weighted by Crippen LogP contribution is -2.01. The second-order valence-corrected chi connectivity index (χ2v) is 4.85. The number of ether oxygens (including phenoxy) is 1. The Bertz CT molecular complexity index is 549. The summed E-state index contributed by atoms with van der Waals surface area (Å²) in [5.41, 5.74) is 3.27. The van der Waals surface area contributed by atoms with Crippen molar-refractivity contribution in [2.45, 2.75) is 26.8 Å². The molecule has 0 unspecified atom stereocenters. The van der Waals surface area contributed by atoms with Crippen LogP contribution in [0.3, 0.4) is 0 Å². The molecule has 2 rings (SSSR count). The molecular weight excluding hydrogens is 250 g/mol. The predicted molar refractivity (Wildman–Crippen MR) is 82.4 cm³/mol. The van der Waals surface area contributed by atoms with Crippen molar-refractivity contribution in [3.63, 3.8) is 0 Å². The van der Waals surface area contributed by atoms with E-state index in [9.17, 15) is 5.11 Å². The fraction of sp³-hybridized carbons (Fsp3) is 0.294. The summed E-state index contributed by atoms with van der Waals surface area (Å²) in [6.07, 6.45) is 1.02. The Morgan fingerprint density at radius 1 is 1.10 bits per heavy atom. The molecule has 2 N–H and O–H groups in total. The number of nitrogens with one attached hydrogen (secondary N) is 1. The Balaban J connectivity index is 1.93. The summed E-state index contributed by atoms with van der Waals surface area (Å²) >= 11 is 0. The molecule has 106 valence electrons. The third kappa shape index (κ3) is 3.92. The lowest BCUT2D eigenvalue weighted by Gasteiger charge is -2.10. The molecule has 0 spiro atoms. The van der Waals surface area contributed by atoms with Gasteiger partial charge in [0, 0.05) is 12.2 Å². The van der Waals surface area contributed by atoms with Crippen molar-refractivity contribution in [2.24, 2.45) is 0 Å². The maximum atomic E-state index is 9.38. The van der Waals surface area contributed by atoms with Crippen LogP contribution in [0.5, 0.6) is 11.5 Å². The lowest BCUT2D eigenvalue weighted by molar-refractivity contribution is 0.317. The van der Waals surface area contributed by atoms with Crippen molar-refractivity contribution in [1.82, 2.24) is 0 Å². The quantitative estimate of drug-likeness (QED) is 0.777. The summed E-state index contributed by atoms with van der Waals surface area (Å²) in [6, 6.07) is 13.5. The number of phenolic OH excluding ortho intramolecular Hbond substituents is 1. The molecule has 0 aliphatic rings. The summed E-state index contributed by atoms with van der Waals surface area (Å²) < 4.78 is 5.56. The van der Waals surface area contributed by atoms with E-state index in [0.717, 1.165) is 36.6 Å². The third-order valence-corrected chi connectivity index (χ3v) is 3.09. The molecule has 0 aliphatic carbocycles. The van der Waals surface area contributed by atoms with E-state index in [2.05, 4.69) is 24.4 Å². The van der Waals surface area contributed by atoms with Crippen LogP contribution in [0.15, 0.2) is 42.5 Å². The van der Waals surface area contributed by atoms with Gasteiger partial charge in [0.25, 0.3) is 0 Å². The Labute approximate surface area is 120 Å². The number of anilines is 1. The van der Waals surface area contributed by atoms with Gasteiger partial charge in [-0.15, -0.1) is 0 Å². The van der Waals surface area contributed by atoms with E-state index in [0.29, 0.717) is 5.75 Å². The zero-order valence-corrected chi connectivity index (χ0v) is 12.0. The van der Waals surface area contributed by atoms with Gasteiger partial charge in [-0.1, -0.05) is 19.1 Å². The fourth-order valence-corrected chi connectivity index (χ4v) is 1.97. The molecular formula is C17H21NO2. The summed E-state index contributed by atoms with van der Waals surface area (Å²) in [5.74, 6) is 1.21. The molecule has 0 saturated heterocycles. The maximum Gasteiger partial charge on any atom is 0.119 e. The van der Waals surface area contributed by atoms with Crippen molar-refractivity contribution in [3.8, 4) is 11.5 Å². The van der Waals surface area contributed by atoms with Crippen molar-refractivity contribution in [3.05, 3.63) is 53.6 Å². The molecule has 3 nitrogen and oxygen atoms in total. The van der Waals surface area contributed by atoms with Crippen LogP contribution in [0.1, 0.15) is 24.5 Å². The number of hydrogen-bond donors (Lipinski definition) is 2. The SMILES string of the molecule is CCCOc1ccc(CNc2ccc(O)cc2C)cc1. The molecule has 0 fully saturated rings. The first-order valence-electron chi connectivity index (χ1n) is 6.94. The van der Waals surface area contributed by atoms with E-state index < -0.39 is 0 Å². The Kier molecular flexibility index (Phi) is 4.88. The molecule has 0 bridgehead atoms. The average molecular weight is 271 g/mol. The molecule has 3 heteroatoms. The maximum absolute atomic E-state index is 9.38. The van der Waals surface area contributed by atoms with Crippen LogP contribution in [0.2, 0.25) is 0 Å². The minimum atomic E-state index is 0.297. The standard InChI is InChI=1S/C17H21NO2/c1-3-10-20-16-7-4-14(5-8-16)12-18-17-9-6-15(19)11-13(17)2/h4-9,11,18-19H,3,10,12H2,1-2H3. The molecule has 0 amide bonds. The molecule has 20 heavy (non-hydrogen) atoms. The van der Waals surface area contributed by atoms with Crippen molar-refractivity contribution in [1.29, 1.82) is 0 Å². The highest BCUT2D eigenvalue weighted by Gasteiger charge is 2.00. The van der Waals surface area contributed by atoms with E-state index in [4.69, 9.17) is 4.74 Å². The van der Waals surface area contributed by atoms with Crippen LogP contribution in [0, 0.1) is 6.92 Å². The zero-order valence-electron chi connectivity index (χ0n) is 12.0. The molecule has 0 aliphatic heterocycles. The second-order valence-electron chi connectivity index (χ2n) is 4.85. The Morgan fingerprint density at radius 2 is 1.85 bits per heavy atom. The smallest absolute Gasteiger partial charge is 0.119 e. The normalized spacial score (nSPS) is 10.3. The highest BCUT2D eigenvalue weighted by Crippen LogP contribution is 2.21. The lowest BCUT2D eigenvalue weighted by atomic mass is 10.1. The molecule has 0 atom stereocenters. The van der Waals surface area contributed by atoms with Gasteiger partial charge in [0.1, 0.15) is 11.5 Å². The topological polar surface area (TPSA) is 41.5 Å². The van der Waals surface area contributed by atoms with Crippen LogP contribution in [0.4, 0.5) is 5.69 Å². The van der Waals surface area contributed by atoms with Crippen LogP contribution in [-0.4, -0.2) is 11.7 Å². The van der Waals surface area contributed by atoms with Gasteiger partial charge >= 0.3 is 0 Å². The molecule has 2 aromatic carbocycles. The van der Waals surface area contributed by atoms with Crippen molar-refractivity contribution >= 4 is 5.69 Å². The van der Waals surface area contributed by atoms with Gasteiger partial charge in [-0.05, 0) is 54.8 Å². The van der Waals surface area contributed by atoms with E-state index >= 15 is 0 Å². The van der Waals surface area contributed by atoms with Gasteiger partial charge in [-0.25, -0.2) is 0 Å². The molecule has 0 radical (unpaired) electrons. The Hall–Kier alpha value is -2.16. The molecule has 0 heterocycles. The van der Waals surface area contributed by atoms with Gasteiger partial charge in [0.2, 0.25) is 0 Å². The van der Waals surface area contributed by atoms with E-state index in [1.165, 1.54) is 5.56 Å². The highest BCUT2D eigenvalue weighted by atomic mass is 16.5. The molecule has 0 aromatic heterocycles. The van der Waals surface area contributed by atoms with Gasteiger partial charge < -0.3 is 15.2 Å². The monoisotopic (exact) mass is 271 g/mol. The number of phenols is 1. The number of hydrogen-bond acceptors (Lipinski definition) is 3. The van der Waals surface area contributed by atoms with Crippen molar-refractivity contribution < 1.29 is 9.84 Å². The van der Waals surface area contributed by atoms with Crippen LogP contribution in [-0.2, 0) is 6.54 Å². The first kappa shape index (κ1) is 14.3. The molecule has 2 aromatic rings. The highest BCUT2D eigenvalue weighted by molar-refractivity contribution is 5.53. The zero-order chi connectivity index (χ0) is 14.4. The number of aromatic hydroxyl groups is 1. The van der Waals surface area contributed by atoms with Gasteiger partial charge in [0.15, 0.2) is 0 Å². The Morgan fingerprint density at radius 3 is 2.50 bits per heavy atom. The first-order valence-corrected chi connectivity index (χ1v) is 6.94. The number of aryl methyl sites for hydroxylation is 1. The summed E-state index contributed by atoms with van der Waals surface area (Å²) in [6.45, 7) is 5.58. The minimum Gasteiger partial charge on any atom is -0.508 e. The summed E-state index contributed by atoms with van der Waals surface area (Å²) in [4.78, 5) is 0. The van der Waals surface area contributed by atoms with Gasteiger partial charge in [0.05, 0.1) is 6.61 Å². The average Bonchev–Trinajstić information content (AvgIpc) is 2.45. The van der Waals surface area contributed by atoms with E-state index in [1.54, 1.807) is 12.1 Å². The number of rotatable bonds is 6. The van der Waals surface area contributed by atoms with E-state index in [1.807, 2.05) is 25.1 Å². The first-order chi connectivity index (χ1) is 9.69. The van der Waals surface area contributed by atoms with Crippen LogP contribution in [0.25, 0.3) is 0 Å². The summed E-state index contributed by atoms with van der Waals surface area (Å²) in [7, 11) is 0. The van der Waals surface area contributed by atoms with Gasteiger partial charge in [-0.3, -0.25) is 0 Å². The molecule has 0 saturated carbocycles. The van der Waals surface area contributed by atoms with Crippen LogP contribution >= 0.6 is 0 Å². The summed E-state index contributed by atoms with van der Waals surface area (Å²) in [5, 5.41) is 12.7. The van der Waals surface area contributed by atoms with Gasteiger partial charge in [-0.2, -0.15) is 0 Å². The minimum absolute atomic E-state index is 0.297. The van der Waals surface area contributed by atoms with Crippen LogP contribution < -0.4 is 10.1 Å². The largest absolute Gasteiger partial charge is 0.508 e. The fourth-order valence-electron chi connectivity index (χ4n) is 1.97. The van der Waals surface area contributed by atoms with E-state index in [-0.39, 0.29) is 0 Å².